The number of fused-ring (bicyclic) bond motifs is 1. The maximum atomic E-state index is 13.4. The molecule has 31 heavy (non-hydrogen) atoms. The van der Waals surface area contributed by atoms with Crippen molar-refractivity contribution in [2.24, 2.45) is 10.9 Å². The summed E-state index contributed by atoms with van der Waals surface area (Å²) in [6.45, 7) is 3.16. The number of guanidine groups is 1. The SMILES string of the molecule is CC(C)(CO)N=C(NC(=O)c1ccc(F)cc1)Nc1cc([C@]23C=CC(F)=CC2C3)[nH]n1. The van der Waals surface area contributed by atoms with Crippen molar-refractivity contribution in [2.45, 2.75) is 31.2 Å². The third-order valence-corrected chi connectivity index (χ3v) is 5.43. The molecule has 1 unspecified atom stereocenters. The molecule has 1 fully saturated rings. The fourth-order valence-electron chi connectivity index (χ4n) is 3.53. The minimum absolute atomic E-state index is 0.0846. The normalized spacial score (nSPS) is 22.5. The van der Waals surface area contributed by atoms with Gasteiger partial charge in [-0.1, -0.05) is 6.08 Å². The van der Waals surface area contributed by atoms with Crippen molar-refractivity contribution in [3.8, 4) is 0 Å². The van der Waals surface area contributed by atoms with Crippen molar-refractivity contribution < 1.29 is 18.7 Å². The summed E-state index contributed by atoms with van der Waals surface area (Å²) in [5.41, 5.74) is -0.0831. The number of anilines is 1. The number of hydrogen-bond donors (Lipinski definition) is 4. The number of hydrogen-bond acceptors (Lipinski definition) is 4. The zero-order valence-electron chi connectivity index (χ0n) is 17.1. The standard InChI is InChI=1S/C22H23F2N5O2/c1-21(2,12-30)27-20(26-19(31)13-3-5-15(23)6-4-13)25-18-10-17(28-29-18)22-8-7-16(24)9-14(22)11-22/h3-10,14,30H,11-12H2,1-2H3,(H3,25,26,27,28,29,31)/t14?,22-/m0/s1. The molecular formula is C22H23F2N5O2. The first-order valence-corrected chi connectivity index (χ1v) is 9.88. The number of aliphatic imine (C=N–C) groups is 1. The van der Waals surface area contributed by atoms with Crippen molar-refractivity contribution >= 4 is 17.7 Å². The number of aromatic nitrogens is 2. The summed E-state index contributed by atoms with van der Waals surface area (Å²) < 4.78 is 26.6. The molecule has 2 aliphatic rings. The lowest BCUT2D eigenvalue weighted by molar-refractivity contribution is 0.0976. The maximum Gasteiger partial charge on any atom is 0.257 e. The summed E-state index contributed by atoms with van der Waals surface area (Å²) in [6.07, 6.45) is 5.69. The van der Waals surface area contributed by atoms with Gasteiger partial charge in [0.15, 0.2) is 5.82 Å². The molecule has 1 amide bonds. The molecule has 0 saturated heterocycles. The predicted octanol–water partition coefficient (Wildman–Crippen LogP) is 3.20. The number of rotatable bonds is 5. The van der Waals surface area contributed by atoms with Crippen LogP contribution in [0.1, 0.15) is 36.3 Å². The predicted molar refractivity (Wildman–Crippen MR) is 113 cm³/mol. The van der Waals surface area contributed by atoms with Gasteiger partial charge in [-0.15, -0.1) is 0 Å². The summed E-state index contributed by atoms with van der Waals surface area (Å²) in [7, 11) is 0. The molecule has 2 atom stereocenters. The van der Waals surface area contributed by atoms with Crippen LogP contribution in [0.4, 0.5) is 14.6 Å². The Hall–Kier alpha value is -3.33. The molecular weight excluding hydrogens is 404 g/mol. The van der Waals surface area contributed by atoms with Crippen molar-refractivity contribution in [1.82, 2.24) is 15.5 Å². The highest BCUT2D eigenvalue weighted by Crippen LogP contribution is 2.58. The van der Waals surface area contributed by atoms with Gasteiger partial charge in [0.1, 0.15) is 11.6 Å². The number of nitrogens with zero attached hydrogens (tertiary/aromatic N) is 2. The number of nitrogens with one attached hydrogen (secondary N) is 3. The second-order valence-corrected chi connectivity index (χ2v) is 8.42. The molecule has 4 N–H and O–H groups in total. The van der Waals surface area contributed by atoms with Crippen LogP contribution < -0.4 is 10.6 Å². The highest BCUT2D eigenvalue weighted by Gasteiger charge is 2.55. The molecule has 0 bridgehead atoms. The van der Waals surface area contributed by atoms with Gasteiger partial charge in [0.05, 0.1) is 12.1 Å². The zero-order chi connectivity index (χ0) is 22.2. The van der Waals surface area contributed by atoms with Crippen LogP contribution in [0.2, 0.25) is 0 Å². The summed E-state index contributed by atoms with van der Waals surface area (Å²) >= 11 is 0. The molecule has 0 aliphatic heterocycles. The Balaban J connectivity index is 1.53. The Morgan fingerprint density at radius 3 is 2.77 bits per heavy atom. The number of carbonyl (C=O) groups is 1. The minimum Gasteiger partial charge on any atom is -0.394 e. The summed E-state index contributed by atoms with van der Waals surface area (Å²) in [5, 5.41) is 22.4. The Morgan fingerprint density at radius 1 is 1.35 bits per heavy atom. The van der Waals surface area contributed by atoms with Gasteiger partial charge in [0.25, 0.3) is 5.91 Å². The Bertz CT molecular complexity index is 1090. The molecule has 4 rings (SSSR count). The number of benzene rings is 1. The fourth-order valence-corrected chi connectivity index (χ4v) is 3.53. The second-order valence-electron chi connectivity index (χ2n) is 8.42. The third-order valence-electron chi connectivity index (χ3n) is 5.43. The Kier molecular flexibility index (Phi) is 5.22. The van der Waals surface area contributed by atoms with E-state index in [1.807, 2.05) is 6.08 Å². The quantitative estimate of drug-likeness (QED) is 0.435. The lowest BCUT2D eigenvalue weighted by Gasteiger charge is -2.19. The van der Waals surface area contributed by atoms with Crippen LogP contribution in [0.5, 0.6) is 0 Å². The smallest absolute Gasteiger partial charge is 0.257 e. The van der Waals surface area contributed by atoms with Gasteiger partial charge in [-0.05, 0) is 62.6 Å². The first-order valence-electron chi connectivity index (χ1n) is 9.88. The topological polar surface area (TPSA) is 102 Å². The summed E-state index contributed by atoms with van der Waals surface area (Å²) in [5.74, 6) is -0.594. The molecule has 1 saturated carbocycles. The number of aromatic amines is 1. The van der Waals surface area contributed by atoms with Crippen molar-refractivity contribution in [3.05, 3.63) is 71.5 Å². The van der Waals surface area contributed by atoms with Crippen molar-refractivity contribution in [3.63, 3.8) is 0 Å². The largest absolute Gasteiger partial charge is 0.394 e. The van der Waals surface area contributed by atoms with Crippen LogP contribution in [0, 0.1) is 11.7 Å². The van der Waals surface area contributed by atoms with E-state index in [4.69, 9.17) is 0 Å². The Labute approximate surface area is 178 Å². The van der Waals surface area contributed by atoms with Gasteiger partial charge in [0, 0.05) is 22.7 Å². The third kappa shape index (κ3) is 4.41. The molecule has 2 aliphatic carbocycles. The first kappa shape index (κ1) is 20.9. The number of halogens is 2. The van der Waals surface area contributed by atoms with E-state index in [9.17, 15) is 18.7 Å². The minimum atomic E-state index is -0.869. The van der Waals surface area contributed by atoms with Crippen LogP contribution >= 0.6 is 0 Å². The lowest BCUT2D eigenvalue weighted by atomic mass is 9.95. The molecule has 1 heterocycles. The van der Waals surface area contributed by atoms with Crippen molar-refractivity contribution in [2.75, 3.05) is 11.9 Å². The van der Waals surface area contributed by atoms with Gasteiger partial charge in [-0.3, -0.25) is 15.2 Å². The fraction of sp³-hybridized carbons (Fsp3) is 0.318. The molecule has 162 valence electrons. The number of aliphatic hydroxyl groups excluding tert-OH is 1. The van der Waals surface area contributed by atoms with Gasteiger partial charge in [0.2, 0.25) is 5.96 Å². The second kappa shape index (κ2) is 7.73. The van der Waals surface area contributed by atoms with E-state index in [-0.39, 0.29) is 35.3 Å². The molecule has 1 aromatic heterocycles. The molecule has 1 aromatic carbocycles. The van der Waals surface area contributed by atoms with E-state index in [0.717, 1.165) is 12.1 Å². The number of aliphatic hydroxyl groups is 1. The van der Waals surface area contributed by atoms with E-state index in [2.05, 4.69) is 25.8 Å². The number of allylic oxidation sites excluding steroid dienone is 4. The van der Waals surface area contributed by atoms with Gasteiger partial charge < -0.3 is 10.4 Å². The number of amides is 1. The van der Waals surface area contributed by atoms with E-state index < -0.39 is 17.3 Å². The van der Waals surface area contributed by atoms with Crippen LogP contribution in [0.25, 0.3) is 0 Å². The number of carbonyl (C=O) groups excluding carboxylic acids is 1. The van der Waals surface area contributed by atoms with Crippen LogP contribution in [0.3, 0.4) is 0 Å². The van der Waals surface area contributed by atoms with Crippen LogP contribution in [-0.2, 0) is 5.41 Å². The molecule has 0 radical (unpaired) electrons. The monoisotopic (exact) mass is 427 g/mol. The number of H-pyrrole nitrogens is 1. The molecule has 2 aromatic rings. The van der Waals surface area contributed by atoms with Crippen LogP contribution in [0.15, 0.2) is 59.4 Å². The maximum absolute atomic E-state index is 13.4. The van der Waals surface area contributed by atoms with E-state index >= 15 is 0 Å². The first-order chi connectivity index (χ1) is 14.7. The highest BCUT2D eigenvalue weighted by molar-refractivity contribution is 6.09. The van der Waals surface area contributed by atoms with Gasteiger partial charge >= 0.3 is 0 Å². The zero-order valence-corrected chi connectivity index (χ0v) is 17.1. The molecule has 9 heteroatoms. The van der Waals surface area contributed by atoms with E-state index in [1.54, 1.807) is 26.0 Å². The average Bonchev–Trinajstić information content (AvgIpc) is 3.26. The summed E-state index contributed by atoms with van der Waals surface area (Å²) in [4.78, 5) is 17.0. The lowest BCUT2D eigenvalue weighted by Crippen LogP contribution is -2.39. The average molecular weight is 427 g/mol. The van der Waals surface area contributed by atoms with Crippen LogP contribution in [-0.4, -0.2) is 39.3 Å². The van der Waals surface area contributed by atoms with E-state index in [1.165, 1.54) is 30.3 Å². The Morgan fingerprint density at radius 2 is 2.10 bits per heavy atom. The van der Waals surface area contributed by atoms with Gasteiger partial charge in [-0.2, -0.15) is 5.10 Å². The molecule has 0 spiro atoms. The van der Waals surface area contributed by atoms with E-state index in [0.29, 0.717) is 5.82 Å². The van der Waals surface area contributed by atoms with Crippen molar-refractivity contribution in [1.29, 1.82) is 0 Å². The summed E-state index contributed by atoms with van der Waals surface area (Å²) in [6, 6.07) is 6.89. The molecule has 7 nitrogen and oxygen atoms in total. The van der Waals surface area contributed by atoms with Gasteiger partial charge in [-0.25, -0.2) is 13.8 Å². The highest BCUT2D eigenvalue weighted by atomic mass is 19.1.